The summed E-state index contributed by atoms with van der Waals surface area (Å²) in [6.45, 7) is 1.31. The summed E-state index contributed by atoms with van der Waals surface area (Å²) in [7, 11) is 3.46. The zero-order valence-corrected chi connectivity index (χ0v) is 10.6. The summed E-state index contributed by atoms with van der Waals surface area (Å²) in [5.41, 5.74) is 0.857. The smallest absolute Gasteiger partial charge is 0.317 e. The zero-order chi connectivity index (χ0) is 13.0. The number of hydrogen-bond donors (Lipinski definition) is 2. The number of carbonyl (C=O) groups is 1. The Kier molecular flexibility index (Phi) is 3.86. The summed E-state index contributed by atoms with van der Waals surface area (Å²) >= 11 is 0. The van der Waals surface area contributed by atoms with Crippen molar-refractivity contribution in [2.24, 2.45) is 0 Å². The van der Waals surface area contributed by atoms with Gasteiger partial charge >= 0.3 is 6.03 Å². The number of ether oxygens (including phenoxy) is 1. The summed E-state index contributed by atoms with van der Waals surface area (Å²) in [6.07, 6.45) is 2.53. The van der Waals surface area contributed by atoms with E-state index in [0.717, 1.165) is 12.1 Å². The third kappa shape index (κ3) is 2.64. The topological polar surface area (TPSA) is 66.5 Å². The van der Waals surface area contributed by atoms with Crippen LogP contribution in [0.4, 0.5) is 10.5 Å². The molecule has 2 rings (SSSR count). The normalized spacial score (nSPS) is 18.6. The Labute approximate surface area is 106 Å². The molecule has 1 saturated heterocycles. The molecule has 2 amide bonds. The van der Waals surface area contributed by atoms with Crippen molar-refractivity contribution in [3.8, 4) is 5.88 Å². The molecule has 18 heavy (non-hydrogen) atoms. The molecular weight excluding hydrogens is 232 g/mol. The highest BCUT2D eigenvalue weighted by Gasteiger charge is 2.27. The third-order valence-electron chi connectivity index (χ3n) is 2.96. The van der Waals surface area contributed by atoms with Gasteiger partial charge in [-0.05, 0) is 12.1 Å². The van der Waals surface area contributed by atoms with Gasteiger partial charge in [0.15, 0.2) is 0 Å². The highest BCUT2D eigenvalue weighted by atomic mass is 16.5. The van der Waals surface area contributed by atoms with E-state index < -0.39 is 0 Å². The van der Waals surface area contributed by atoms with E-state index >= 15 is 0 Å². The molecule has 1 aromatic heterocycles. The third-order valence-corrected chi connectivity index (χ3v) is 2.96. The molecule has 0 radical (unpaired) electrons. The van der Waals surface area contributed by atoms with Crippen molar-refractivity contribution < 1.29 is 9.53 Å². The highest BCUT2D eigenvalue weighted by molar-refractivity contribution is 5.74. The van der Waals surface area contributed by atoms with E-state index in [9.17, 15) is 4.79 Å². The number of likely N-dealkylation sites (tertiary alicyclic amines) is 1. The predicted octanol–water partition coefficient (Wildman–Crippen LogP) is 0.916. The van der Waals surface area contributed by atoms with Crippen molar-refractivity contribution >= 4 is 11.7 Å². The van der Waals surface area contributed by atoms with Gasteiger partial charge in [-0.3, -0.25) is 0 Å². The van der Waals surface area contributed by atoms with Crippen LogP contribution in [0.1, 0.15) is 6.42 Å². The van der Waals surface area contributed by atoms with Crippen LogP contribution in [0.3, 0.4) is 0 Å². The molecule has 1 aliphatic heterocycles. The van der Waals surface area contributed by atoms with E-state index in [1.165, 1.54) is 0 Å². The fourth-order valence-corrected chi connectivity index (χ4v) is 2.00. The van der Waals surface area contributed by atoms with Crippen molar-refractivity contribution in [3.63, 3.8) is 0 Å². The minimum Gasteiger partial charge on any atom is -0.471 e. The maximum Gasteiger partial charge on any atom is 0.317 e. The van der Waals surface area contributed by atoms with Gasteiger partial charge in [-0.15, -0.1) is 0 Å². The number of urea groups is 1. The molecule has 6 nitrogen and oxygen atoms in total. The van der Waals surface area contributed by atoms with Crippen LogP contribution in [0.25, 0.3) is 0 Å². The van der Waals surface area contributed by atoms with Gasteiger partial charge in [0.05, 0.1) is 12.2 Å². The van der Waals surface area contributed by atoms with E-state index in [4.69, 9.17) is 4.74 Å². The molecule has 1 aliphatic rings. The molecule has 1 fully saturated rings. The average Bonchev–Trinajstić information content (AvgIpc) is 2.87. The molecule has 1 unspecified atom stereocenters. The molecule has 98 valence electrons. The van der Waals surface area contributed by atoms with Crippen LogP contribution >= 0.6 is 0 Å². The number of anilines is 1. The summed E-state index contributed by atoms with van der Waals surface area (Å²) < 4.78 is 5.83. The predicted molar refractivity (Wildman–Crippen MR) is 68.8 cm³/mol. The quantitative estimate of drug-likeness (QED) is 0.837. The maximum atomic E-state index is 11.5. The Morgan fingerprint density at radius 3 is 3.11 bits per heavy atom. The van der Waals surface area contributed by atoms with Gasteiger partial charge in [0.1, 0.15) is 6.10 Å². The molecule has 1 atom stereocenters. The second-order valence-electron chi connectivity index (χ2n) is 4.14. The number of rotatable bonds is 3. The summed E-state index contributed by atoms with van der Waals surface area (Å²) in [5.74, 6) is 0.587. The monoisotopic (exact) mass is 250 g/mol. The first-order valence-corrected chi connectivity index (χ1v) is 6.00. The van der Waals surface area contributed by atoms with Crippen LogP contribution in [-0.4, -0.2) is 49.2 Å². The number of hydrogen-bond acceptors (Lipinski definition) is 4. The zero-order valence-electron chi connectivity index (χ0n) is 10.6. The van der Waals surface area contributed by atoms with Crippen molar-refractivity contribution in [2.45, 2.75) is 12.5 Å². The van der Waals surface area contributed by atoms with Gasteiger partial charge < -0.3 is 20.3 Å². The molecule has 1 aromatic rings. The Morgan fingerprint density at radius 2 is 2.39 bits per heavy atom. The SMILES string of the molecule is CNC(=O)N1CCC(Oc2ncccc2NC)C1. The minimum absolute atomic E-state index is 0.00398. The van der Waals surface area contributed by atoms with Crippen LogP contribution in [0, 0.1) is 0 Å². The lowest BCUT2D eigenvalue weighted by molar-refractivity contribution is 0.185. The van der Waals surface area contributed by atoms with Crippen LogP contribution in [0.2, 0.25) is 0 Å². The first-order chi connectivity index (χ1) is 8.74. The second-order valence-corrected chi connectivity index (χ2v) is 4.14. The standard InChI is InChI=1S/C12H18N4O2/c1-13-10-4-3-6-15-11(10)18-9-5-7-16(8-9)12(17)14-2/h3-4,6,9,13H,5,7-8H2,1-2H3,(H,14,17). The Hall–Kier alpha value is -1.98. The average molecular weight is 250 g/mol. The molecule has 0 bridgehead atoms. The van der Waals surface area contributed by atoms with Crippen molar-refractivity contribution in [3.05, 3.63) is 18.3 Å². The van der Waals surface area contributed by atoms with Crippen LogP contribution < -0.4 is 15.4 Å². The summed E-state index contributed by atoms with van der Waals surface area (Å²) in [5, 5.41) is 5.65. The number of pyridine rings is 1. The fraction of sp³-hybridized carbons (Fsp3) is 0.500. The van der Waals surface area contributed by atoms with Crippen molar-refractivity contribution in [1.82, 2.24) is 15.2 Å². The molecule has 2 N–H and O–H groups in total. The van der Waals surface area contributed by atoms with Crippen LogP contribution in [0.5, 0.6) is 5.88 Å². The van der Waals surface area contributed by atoms with E-state index in [-0.39, 0.29) is 12.1 Å². The molecule has 0 aliphatic carbocycles. The van der Waals surface area contributed by atoms with Crippen LogP contribution in [-0.2, 0) is 0 Å². The largest absolute Gasteiger partial charge is 0.471 e. The Balaban J connectivity index is 1.97. The molecular formula is C12H18N4O2. The molecule has 6 heteroatoms. The van der Waals surface area contributed by atoms with Crippen molar-refractivity contribution in [2.75, 3.05) is 32.5 Å². The maximum absolute atomic E-state index is 11.5. The lowest BCUT2D eigenvalue weighted by Gasteiger charge is -2.17. The van der Waals surface area contributed by atoms with Gasteiger partial charge in [0.25, 0.3) is 0 Å². The van der Waals surface area contributed by atoms with Gasteiger partial charge in [0, 0.05) is 33.3 Å². The minimum atomic E-state index is -0.0593. The Morgan fingerprint density at radius 1 is 1.56 bits per heavy atom. The number of aromatic nitrogens is 1. The number of carbonyl (C=O) groups excluding carboxylic acids is 1. The van der Waals surface area contributed by atoms with E-state index in [0.29, 0.717) is 19.0 Å². The van der Waals surface area contributed by atoms with E-state index in [1.807, 2.05) is 19.2 Å². The number of nitrogens with zero attached hydrogens (tertiary/aromatic N) is 2. The summed E-state index contributed by atoms with van der Waals surface area (Å²) in [6, 6.07) is 3.70. The lowest BCUT2D eigenvalue weighted by Crippen LogP contribution is -2.37. The second kappa shape index (κ2) is 5.57. The Bertz CT molecular complexity index is 424. The van der Waals surface area contributed by atoms with Gasteiger partial charge in [-0.25, -0.2) is 9.78 Å². The van der Waals surface area contributed by atoms with Crippen molar-refractivity contribution in [1.29, 1.82) is 0 Å². The van der Waals surface area contributed by atoms with Gasteiger partial charge in [0.2, 0.25) is 5.88 Å². The van der Waals surface area contributed by atoms with E-state index in [2.05, 4.69) is 15.6 Å². The fourth-order valence-electron chi connectivity index (χ4n) is 2.00. The molecule has 0 aromatic carbocycles. The molecule has 2 heterocycles. The number of nitrogens with one attached hydrogen (secondary N) is 2. The van der Waals surface area contributed by atoms with E-state index in [1.54, 1.807) is 18.1 Å². The molecule has 0 spiro atoms. The first-order valence-electron chi connectivity index (χ1n) is 6.00. The van der Waals surface area contributed by atoms with Gasteiger partial charge in [-0.2, -0.15) is 0 Å². The highest BCUT2D eigenvalue weighted by Crippen LogP contribution is 2.23. The number of amides is 2. The van der Waals surface area contributed by atoms with Gasteiger partial charge in [-0.1, -0.05) is 0 Å². The molecule has 0 saturated carbocycles. The van der Waals surface area contributed by atoms with Crippen LogP contribution in [0.15, 0.2) is 18.3 Å². The summed E-state index contributed by atoms with van der Waals surface area (Å²) in [4.78, 5) is 17.4. The first kappa shape index (κ1) is 12.5. The lowest BCUT2D eigenvalue weighted by atomic mass is 10.3.